The van der Waals surface area contributed by atoms with Gasteiger partial charge in [0.15, 0.2) is 0 Å². The minimum absolute atomic E-state index is 0.0894. The Morgan fingerprint density at radius 2 is 2.38 bits per heavy atom. The Morgan fingerprint density at radius 1 is 1.62 bits per heavy atom. The van der Waals surface area contributed by atoms with Crippen LogP contribution in [0, 0.1) is 5.92 Å². The summed E-state index contributed by atoms with van der Waals surface area (Å²) in [5.41, 5.74) is 0.664. The van der Waals surface area contributed by atoms with Crippen LogP contribution in [0.5, 0.6) is 0 Å². The van der Waals surface area contributed by atoms with Gasteiger partial charge in [0, 0.05) is 20.1 Å². The van der Waals surface area contributed by atoms with E-state index in [1.54, 1.807) is 10.9 Å². The van der Waals surface area contributed by atoms with Crippen molar-refractivity contribution in [1.82, 2.24) is 14.7 Å². The molecule has 1 saturated heterocycles. The van der Waals surface area contributed by atoms with Gasteiger partial charge in [0.25, 0.3) is 5.91 Å². The van der Waals surface area contributed by atoms with Gasteiger partial charge in [0.1, 0.15) is 4.60 Å². The van der Waals surface area contributed by atoms with Gasteiger partial charge in [0.2, 0.25) is 0 Å². The minimum atomic E-state index is 0.0894. The Hall–Kier alpha value is -0.840. The third-order valence-electron chi connectivity index (χ3n) is 3.04. The van der Waals surface area contributed by atoms with Crippen molar-refractivity contribution in [3.63, 3.8) is 0 Å². The average molecular weight is 286 g/mol. The van der Waals surface area contributed by atoms with E-state index >= 15 is 0 Å². The lowest BCUT2D eigenvalue weighted by Crippen LogP contribution is -2.39. The summed E-state index contributed by atoms with van der Waals surface area (Å²) >= 11 is 3.39. The highest BCUT2D eigenvalue weighted by Crippen LogP contribution is 2.21. The van der Waals surface area contributed by atoms with Gasteiger partial charge in [-0.2, -0.15) is 5.10 Å². The van der Waals surface area contributed by atoms with Gasteiger partial charge >= 0.3 is 0 Å². The number of aromatic nitrogens is 2. The summed E-state index contributed by atoms with van der Waals surface area (Å²) in [6.45, 7) is 3.92. The quantitative estimate of drug-likeness (QED) is 0.792. The second kappa shape index (κ2) is 4.57. The van der Waals surface area contributed by atoms with Crippen LogP contribution in [0.2, 0.25) is 0 Å². The van der Waals surface area contributed by atoms with E-state index in [0.717, 1.165) is 24.1 Å². The molecule has 4 nitrogen and oxygen atoms in total. The molecular weight excluding hydrogens is 270 g/mol. The van der Waals surface area contributed by atoms with Crippen molar-refractivity contribution < 1.29 is 4.79 Å². The Labute approximate surface area is 104 Å². The molecule has 0 aromatic carbocycles. The van der Waals surface area contributed by atoms with Crippen LogP contribution in [0.3, 0.4) is 0 Å². The van der Waals surface area contributed by atoms with Gasteiger partial charge in [-0.05, 0) is 34.7 Å². The van der Waals surface area contributed by atoms with Gasteiger partial charge < -0.3 is 4.90 Å². The van der Waals surface area contributed by atoms with Crippen molar-refractivity contribution in [3.8, 4) is 0 Å². The fourth-order valence-electron chi connectivity index (χ4n) is 2.11. The molecule has 0 bridgehead atoms. The van der Waals surface area contributed by atoms with E-state index < -0.39 is 0 Å². The van der Waals surface area contributed by atoms with E-state index in [2.05, 4.69) is 28.0 Å². The van der Waals surface area contributed by atoms with Crippen molar-refractivity contribution in [3.05, 3.63) is 16.4 Å². The van der Waals surface area contributed by atoms with E-state index in [1.807, 2.05) is 11.9 Å². The maximum Gasteiger partial charge on any atom is 0.258 e. The monoisotopic (exact) mass is 285 g/mol. The highest BCUT2D eigenvalue weighted by Gasteiger charge is 2.24. The summed E-state index contributed by atoms with van der Waals surface area (Å²) in [5, 5.41) is 4.07. The molecule has 0 N–H and O–H groups in total. The average Bonchev–Trinajstić information content (AvgIpc) is 2.59. The number of rotatable bonds is 1. The van der Waals surface area contributed by atoms with Crippen LogP contribution >= 0.6 is 15.9 Å². The molecule has 1 aromatic heterocycles. The maximum atomic E-state index is 12.2. The second-order valence-corrected chi connectivity index (χ2v) is 5.22. The molecular formula is C11H16BrN3O. The van der Waals surface area contributed by atoms with E-state index in [4.69, 9.17) is 0 Å². The van der Waals surface area contributed by atoms with Crippen LogP contribution in [0.25, 0.3) is 0 Å². The smallest absolute Gasteiger partial charge is 0.258 e. The molecule has 0 radical (unpaired) electrons. The Balaban J connectivity index is 2.15. The zero-order valence-corrected chi connectivity index (χ0v) is 11.2. The molecule has 2 rings (SSSR count). The molecule has 5 heteroatoms. The van der Waals surface area contributed by atoms with Gasteiger partial charge in [-0.25, -0.2) is 0 Å². The van der Waals surface area contributed by atoms with Gasteiger partial charge in [-0.1, -0.05) is 6.92 Å². The number of amides is 1. The van der Waals surface area contributed by atoms with E-state index in [-0.39, 0.29) is 5.91 Å². The summed E-state index contributed by atoms with van der Waals surface area (Å²) in [4.78, 5) is 14.1. The lowest BCUT2D eigenvalue weighted by atomic mass is 10.00. The molecule has 1 aromatic rings. The fraction of sp³-hybridized carbons (Fsp3) is 0.636. The van der Waals surface area contributed by atoms with Crippen LogP contribution in [0.4, 0.5) is 0 Å². The summed E-state index contributed by atoms with van der Waals surface area (Å²) < 4.78 is 2.43. The molecule has 88 valence electrons. The highest BCUT2D eigenvalue weighted by molar-refractivity contribution is 9.10. The molecule has 0 saturated carbocycles. The van der Waals surface area contributed by atoms with Crippen LogP contribution in [-0.4, -0.2) is 33.7 Å². The number of nitrogens with zero attached hydrogens (tertiary/aromatic N) is 3. The Kier molecular flexibility index (Phi) is 3.33. The molecule has 0 spiro atoms. The third kappa shape index (κ3) is 2.14. The van der Waals surface area contributed by atoms with Crippen LogP contribution < -0.4 is 0 Å². The van der Waals surface area contributed by atoms with Gasteiger partial charge in [-0.15, -0.1) is 0 Å². The number of carbonyl (C=O) groups excluding carboxylic acids is 1. The van der Waals surface area contributed by atoms with Crippen LogP contribution in [0.15, 0.2) is 10.8 Å². The normalized spacial score (nSPS) is 21.2. The SMILES string of the molecule is CC1CCCN(C(=O)c2cnn(C)c2Br)C1. The first-order valence-corrected chi connectivity index (χ1v) is 6.35. The largest absolute Gasteiger partial charge is 0.338 e. The predicted molar refractivity (Wildman–Crippen MR) is 65.2 cm³/mol. The van der Waals surface area contributed by atoms with Crippen LogP contribution in [0.1, 0.15) is 30.1 Å². The minimum Gasteiger partial charge on any atom is -0.338 e. The van der Waals surface area contributed by atoms with Crippen molar-refractivity contribution >= 4 is 21.8 Å². The molecule has 1 amide bonds. The number of halogens is 1. The first-order chi connectivity index (χ1) is 7.59. The van der Waals surface area contributed by atoms with Gasteiger partial charge in [0.05, 0.1) is 11.8 Å². The number of hydrogen-bond donors (Lipinski definition) is 0. The van der Waals surface area contributed by atoms with Crippen molar-refractivity contribution in [1.29, 1.82) is 0 Å². The zero-order chi connectivity index (χ0) is 11.7. The molecule has 0 aliphatic carbocycles. The first kappa shape index (κ1) is 11.6. The standard InChI is InChI=1S/C11H16BrN3O/c1-8-4-3-5-15(7-8)11(16)9-6-13-14(2)10(9)12/h6,8H,3-5,7H2,1-2H3. The zero-order valence-electron chi connectivity index (χ0n) is 9.61. The topological polar surface area (TPSA) is 38.1 Å². The lowest BCUT2D eigenvalue weighted by Gasteiger charge is -2.30. The first-order valence-electron chi connectivity index (χ1n) is 5.56. The second-order valence-electron chi connectivity index (χ2n) is 4.47. The summed E-state index contributed by atoms with van der Waals surface area (Å²) in [7, 11) is 1.82. The summed E-state index contributed by atoms with van der Waals surface area (Å²) in [6.07, 6.45) is 3.95. The predicted octanol–water partition coefficient (Wildman–Crippen LogP) is 2.05. The third-order valence-corrected chi connectivity index (χ3v) is 3.98. The Bertz CT molecular complexity index is 402. The van der Waals surface area contributed by atoms with E-state index in [1.165, 1.54) is 6.42 Å². The van der Waals surface area contributed by atoms with E-state index in [9.17, 15) is 4.79 Å². The molecule has 1 unspecified atom stereocenters. The Morgan fingerprint density at radius 3 is 2.94 bits per heavy atom. The molecule has 16 heavy (non-hydrogen) atoms. The van der Waals surface area contributed by atoms with Crippen LogP contribution in [-0.2, 0) is 7.05 Å². The lowest BCUT2D eigenvalue weighted by molar-refractivity contribution is 0.0682. The molecule has 1 fully saturated rings. The molecule has 1 aliphatic rings. The highest BCUT2D eigenvalue weighted by atomic mass is 79.9. The number of carbonyl (C=O) groups is 1. The van der Waals surface area contributed by atoms with Crippen molar-refractivity contribution in [2.45, 2.75) is 19.8 Å². The molecule has 1 atom stereocenters. The van der Waals surface area contributed by atoms with Crippen molar-refractivity contribution in [2.24, 2.45) is 13.0 Å². The summed E-state index contributed by atoms with van der Waals surface area (Å²) in [5.74, 6) is 0.694. The van der Waals surface area contributed by atoms with Crippen molar-refractivity contribution in [2.75, 3.05) is 13.1 Å². The summed E-state index contributed by atoms with van der Waals surface area (Å²) in [6, 6.07) is 0. The number of hydrogen-bond acceptors (Lipinski definition) is 2. The number of piperidine rings is 1. The number of likely N-dealkylation sites (tertiary alicyclic amines) is 1. The molecule has 2 heterocycles. The van der Waals surface area contributed by atoms with Gasteiger partial charge in [-0.3, -0.25) is 9.48 Å². The number of aryl methyl sites for hydroxylation is 1. The maximum absolute atomic E-state index is 12.2. The fourth-order valence-corrected chi connectivity index (χ4v) is 2.47. The van der Waals surface area contributed by atoms with E-state index in [0.29, 0.717) is 11.5 Å². The molecule has 1 aliphatic heterocycles.